The van der Waals surface area contributed by atoms with Crippen molar-refractivity contribution in [3.05, 3.63) is 39.9 Å². The van der Waals surface area contributed by atoms with Crippen LogP contribution in [0.3, 0.4) is 0 Å². The van der Waals surface area contributed by atoms with Gasteiger partial charge in [-0.15, -0.1) is 0 Å². The SMILES string of the molecule is O=[N+]([O-])c1ccc(C2(O)OCC(O)C2(O)O)cc1. The lowest BCUT2D eigenvalue weighted by molar-refractivity contribution is -0.385. The first-order chi connectivity index (χ1) is 8.29. The van der Waals surface area contributed by atoms with Gasteiger partial charge in [-0.25, -0.2) is 0 Å². The van der Waals surface area contributed by atoms with Crippen LogP contribution in [-0.4, -0.2) is 43.8 Å². The zero-order valence-corrected chi connectivity index (χ0v) is 9.05. The minimum Gasteiger partial charge on any atom is -0.385 e. The predicted octanol–water partition coefficient (Wildman–Crippen LogP) is -1.19. The number of nitro benzene ring substituents is 1. The third-order valence-corrected chi connectivity index (χ3v) is 2.88. The molecule has 18 heavy (non-hydrogen) atoms. The molecule has 1 aromatic carbocycles. The highest BCUT2D eigenvalue weighted by Gasteiger charge is 2.61. The molecule has 1 aliphatic rings. The smallest absolute Gasteiger partial charge is 0.269 e. The maximum absolute atomic E-state index is 10.5. The average Bonchev–Trinajstić information content (AvgIpc) is 2.54. The summed E-state index contributed by atoms with van der Waals surface area (Å²) in [6.45, 7) is -0.472. The van der Waals surface area contributed by atoms with E-state index in [4.69, 9.17) is 4.74 Å². The Morgan fingerprint density at radius 2 is 1.83 bits per heavy atom. The lowest BCUT2D eigenvalue weighted by Gasteiger charge is -2.32. The van der Waals surface area contributed by atoms with Crippen molar-refractivity contribution < 1.29 is 30.1 Å². The topological polar surface area (TPSA) is 133 Å². The van der Waals surface area contributed by atoms with Gasteiger partial charge in [-0.1, -0.05) is 0 Å². The molecule has 4 N–H and O–H groups in total. The van der Waals surface area contributed by atoms with Gasteiger partial charge in [0.15, 0.2) is 0 Å². The number of ether oxygens (including phenoxy) is 1. The van der Waals surface area contributed by atoms with E-state index in [9.17, 15) is 30.5 Å². The van der Waals surface area contributed by atoms with Crippen LogP contribution in [0.1, 0.15) is 5.56 Å². The highest BCUT2D eigenvalue weighted by atomic mass is 16.7. The molecule has 0 bridgehead atoms. The molecule has 0 aromatic heterocycles. The molecule has 1 aliphatic heterocycles. The van der Waals surface area contributed by atoms with Crippen LogP contribution in [0, 0.1) is 10.1 Å². The normalized spacial score (nSPS) is 30.3. The van der Waals surface area contributed by atoms with Gasteiger partial charge in [-0.2, -0.15) is 0 Å². The molecule has 0 aliphatic carbocycles. The Hall–Kier alpha value is -1.58. The van der Waals surface area contributed by atoms with Gasteiger partial charge in [-0.05, 0) is 12.1 Å². The Morgan fingerprint density at radius 1 is 1.28 bits per heavy atom. The van der Waals surface area contributed by atoms with E-state index in [0.717, 1.165) is 24.3 Å². The molecule has 1 fully saturated rings. The number of aliphatic hydroxyl groups excluding tert-OH is 1. The quantitative estimate of drug-likeness (QED) is 0.297. The van der Waals surface area contributed by atoms with Crippen molar-refractivity contribution in [2.45, 2.75) is 17.7 Å². The molecule has 2 rings (SSSR count). The molecule has 1 aromatic rings. The van der Waals surface area contributed by atoms with Crippen molar-refractivity contribution in [2.75, 3.05) is 6.61 Å². The Kier molecular flexibility index (Phi) is 2.84. The zero-order valence-electron chi connectivity index (χ0n) is 9.05. The number of hydrogen-bond donors (Lipinski definition) is 4. The molecular formula is C10H11NO7. The molecule has 1 saturated heterocycles. The van der Waals surface area contributed by atoms with Crippen LogP contribution >= 0.6 is 0 Å². The minimum atomic E-state index is -2.89. The van der Waals surface area contributed by atoms with Gasteiger partial charge >= 0.3 is 0 Å². The number of non-ortho nitro benzene ring substituents is 1. The van der Waals surface area contributed by atoms with Crippen LogP contribution in [-0.2, 0) is 10.5 Å². The van der Waals surface area contributed by atoms with E-state index in [1.54, 1.807) is 0 Å². The molecule has 8 heteroatoms. The van der Waals surface area contributed by atoms with Gasteiger partial charge < -0.3 is 25.2 Å². The van der Waals surface area contributed by atoms with E-state index < -0.39 is 29.2 Å². The van der Waals surface area contributed by atoms with Crippen molar-refractivity contribution in [2.24, 2.45) is 0 Å². The predicted molar refractivity (Wildman–Crippen MR) is 56.1 cm³/mol. The van der Waals surface area contributed by atoms with Crippen molar-refractivity contribution >= 4 is 5.69 Å². The summed E-state index contributed by atoms with van der Waals surface area (Å²) >= 11 is 0. The molecule has 2 unspecified atom stereocenters. The third kappa shape index (κ3) is 1.67. The van der Waals surface area contributed by atoms with Crippen LogP contribution < -0.4 is 0 Å². The van der Waals surface area contributed by atoms with E-state index in [2.05, 4.69) is 0 Å². The van der Waals surface area contributed by atoms with Gasteiger partial charge in [0, 0.05) is 17.7 Å². The minimum absolute atomic E-state index is 0.102. The van der Waals surface area contributed by atoms with E-state index in [1.165, 1.54) is 0 Å². The average molecular weight is 257 g/mol. The second kappa shape index (κ2) is 3.97. The molecule has 0 saturated carbocycles. The highest BCUT2D eigenvalue weighted by molar-refractivity contribution is 5.36. The van der Waals surface area contributed by atoms with Crippen LogP contribution in [0.25, 0.3) is 0 Å². The summed E-state index contributed by atoms with van der Waals surface area (Å²) < 4.78 is 4.79. The summed E-state index contributed by atoms with van der Waals surface area (Å²) in [6.07, 6.45) is -1.68. The molecule has 0 spiro atoms. The number of rotatable bonds is 2. The lowest BCUT2D eigenvalue weighted by Crippen LogP contribution is -2.54. The first-order valence-electron chi connectivity index (χ1n) is 5.03. The number of aliphatic hydroxyl groups is 4. The van der Waals surface area contributed by atoms with Gasteiger partial charge in [0.05, 0.1) is 11.5 Å². The first-order valence-corrected chi connectivity index (χ1v) is 5.03. The largest absolute Gasteiger partial charge is 0.385 e. The summed E-state index contributed by atoms with van der Waals surface area (Å²) in [5.41, 5.74) is -0.322. The van der Waals surface area contributed by atoms with Crippen LogP contribution in [0.5, 0.6) is 0 Å². The van der Waals surface area contributed by atoms with Gasteiger partial charge in [-0.3, -0.25) is 10.1 Å². The molecular weight excluding hydrogens is 246 g/mol. The Labute approximate surface area is 101 Å². The van der Waals surface area contributed by atoms with E-state index in [1.807, 2.05) is 0 Å². The van der Waals surface area contributed by atoms with Gasteiger partial charge in [0.1, 0.15) is 6.10 Å². The number of nitro groups is 1. The Balaban J connectivity index is 2.39. The highest BCUT2D eigenvalue weighted by Crippen LogP contribution is 2.40. The van der Waals surface area contributed by atoms with E-state index >= 15 is 0 Å². The van der Waals surface area contributed by atoms with Crippen LogP contribution in [0.2, 0.25) is 0 Å². The van der Waals surface area contributed by atoms with Crippen molar-refractivity contribution in [1.82, 2.24) is 0 Å². The molecule has 98 valence electrons. The van der Waals surface area contributed by atoms with Gasteiger partial charge in [0.2, 0.25) is 0 Å². The maximum atomic E-state index is 10.5. The summed E-state index contributed by atoms with van der Waals surface area (Å²) in [7, 11) is 0. The number of nitrogens with zero attached hydrogens (tertiary/aromatic N) is 1. The second-order valence-electron chi connectivity index (χ2n) is 4.00. The summed E-state index contributed by atoms with van der Waals surface area (Å²) in [6, 6.07) is 4.41. The molecule has 0 radical (unpaired) electrons. The molecule has 8 nitrogen and oxygen atoms in total. The number of benzene rings is 1. The Morgan fingerprint density at radius 3 is 2.22 bits per heavy atom. The lowest BCUT2D eigenvalue weighted by atomic mass is 9.95. The summed E-state index contributed by atoms with van der Waals surface area (Å²) in [4.78, 5) is 9.83. The fraction of sp³-hybridized carbons (Fsp3) is 0.400. The maximum Gasteiger partial charge on any atom is 0.269 e. The summed E-state index contributed by atoms with van der Waals surface area (Å²) in [5, 5.41) is 49.0. The molecule has 0 amide bonds. The third-order valence-electron chi connectivity index (χ3n) is 2.88. The van der Waals surface area contributed by atoms with Crippen molar-refractivity contribution in [3.63, 3.8) is 0 Å². The van der Waals surface area contributed by atoms with Gasteiger partial charge in [0.25, 0.3) is 17.3 Å². The standard InChI is InChI=1S/C10H11NO7/c12-8-5-18-10(15,9(8,13)14)6-1-3-7(4-2-6)11(16)17/h1-4,8,12-15H,5H2. The molecule has 1 heterocycles. The first kappa shape index (κ1) is 12.9. The monoisotopic (exact) mass is 257 g/mol. The molecule has 2 atom stereocenters. The fourth-order valence-electron chi connectivity index (χ4n) is 1.75. The van der Waals surface area contributed by atoms with Crippen molar-refractivity contribution in [1.29, 1.82) is 0 Å². The summed E-state index contributed by atoms with van der Waals surface area (Å²) in [5.74, 6) is -5.41. The Bertz CT molecular complexity index is 472. The fourth-order valence-corrected chi connectivity index (χ4v) is 1.75. The zero-order chi connectivity index (χ0) is 13.6. The van der Waals surface area contributed by atoms with E-state index in [0.29, 0.717) is 0 Å². The second-order valence-corrected chi connectivity index (χ2v) is 4.00. The van der Waals surface area contributed by atoms with Crippen LogP contribution in [0.4, 0.5) is 5.69 Å². The number of hydrogen-bond acceptors (Lipinski definition) is 7. The van der Waals surface area contributed by atoms with E-state index in [-0.39, 0.29) is 11.3 Å². The van der Waals surface area contributed by atoms with Crippen molar-refractivity contribution in [3.8, 4) is 0 Å². The van der Waals surface area contributed by atoms with Crippen LogP contribution in [0.15, 0.2) is 24.3 Å².